The maximum absolute atomic E-state index is 12.2. The quantitative estimate of drug-likeness (QED) is 0.0713. The smallest absolute Gasteiger partial charge is 0.229 e. The summed E-state index contributed by atoms with van der Waals surface area (Å²) in [6.07, 6.45) is 14.2. The molecule has 1 aromatic carbocycles. The number of unbranched alkanes of at least 4 members (excludes halogenated alkanes) is 8. The molecule has 0 unspecified atom stereocenters. The molecule has 0 saturated heterocycles. The van der Waals surface area contributed by atoms with E-state index in [0.29, 0.717) is 32.8 Å². The number of benzene rings is 1. The van der Waals surface area contributed by atoms with Crippen LogP contribution < -0.4 is 0 Å². The highest BCUT2D eigenvalue weighted by atomic mass is 16.7. The molecular formula is C32H53O6. The molecule has 6 heteroatoms. The zero-order valence-electron chi connectivity index (χ0n) is 24.6. The van der Waals surface area contributed by atoms with E-state index < -0.39 is 11.6 Å². The monoisotopic (exact) mass is 533 g/mol. The van der Waals surface area contributed by atoms with Gasteiger partial charge in [-0.1, -0.05) is 97.3 Å². The largest absolute Gasteiger partial charge is 0.344 e. The average molecular weight is 534 g/mol. The Labute approximate surface area is 232 Å². The van der Waals surface area contributed by atoms with Crippen molar-refractivity contribution in [2.24, 2.45) is 0 Å². The van der Waals surface area contributed by atoms with Gasteiger partial charge in [-0.3, -0.25) is 9.59 Å². The summed E-state index contributed by atoms with van der Waals surface area (Å²) < 4.78 is 24.1. The first-order valence-electron chi connectivity index (χ1n) is 15.0. The van der Waals surface area contributed by atoms with Crippen LogP contribution in [0.1, 0.15) is 116 Å². The van der Waals surface area contributed by atoms with Crippen LogP contribution in [0.25, 0.3) is 0 Å². The minimum absolute atomic E-state index is 0.287. The Hall–Kier alpha value is -1.60. The van der Waals surface area contributed by atoms with Crippen LogP contribution in [0, 0.1) is 6.07 Å². The Morgan fingerprint density at radius 1 is 0.605 bits per heavy atom. The van der Waals surface area contributed by atoms with E-state index in [0.717, 1.165) is 101 Å². The van der Waals surface area contributed by atoms with Gasteiger partial charge in [-0.2, -0.15) is 0 Å². The zero-order chi connectivity index (χ0) is 28.0. The summed E-state index contributed by atoms with van der Waals surface area (Å²) in [4.78, 5) is 24.4. The molecule has 0 amide bonds. The van der Waals surface area contributed by atoms with E-state index >= 15 is 0 Å². The van der Waals surface area contributed by atoms with Crippen LogP contribution in [-0.2, 0) is 41.4 Å². The van der Waals surface area contributed by atoms with E-state index in [1.807, 2.05) is 18.2 Å². The highest BCUT2D eigenvalue weighted by Crippen LogP contribution is 2.23. The fourth-order valence-electron chi connectivity index (χ4n) is 4.15. The first-order valence-corrected chi connectivity index (χ1v) is 15.0. The molecule has 0 heterocycles. The molecule has 1 aromatic rings. The lowest BCUT2D eigenvalue weighted by atomic mass is 10.00. The van der Waals surface area contributed by atoms with Gasteiger partial charge >= 0.3 is 0 Å². The van der Waals surface area contributed by atoms with Gasteiger partial charge in [0.2, 0.25) is 11.6 Å². The topological polar surface area (TPSA) is 71.1 Å². The van der Waals surface area contributed by atoms with Crippen LogP contribution in [0.3, 0.4) is 0 Å². The maximum Gasteiger partial charge on any atom is 0.229 e. The lowest BCUT2D eigenvalue weighted by Crippen LogP contribution is -2.41. The van der Waals surface area contributed by atoms with Crippen molar-refractivity contribution < 1.29 is 28.5 Å². The molecule has 0 aromatic heterocycles. The van der Waals surface area contributed by atoms with Crippen molar-refractivity contribution >= 4 is 12.6 Å². The molecule has 1 rings (SSSR count). The van der Waals surface area contributed by atoms with Crippen molar-refractivity contribution in [1.82, 2.24) is 0 Å². The van der Waals surface area contributed by atoms with E-state index in [9.17, 15) is 9.59 Å². The van der Waals surface area contributed by atoms with E-state index in [4.69, 9.17) is 18.9 Å². The second-order valence-electron chi connectivity index (χ2n) is 10.2. The Kier molecular flexibility index (Phi) is 19.3. The summed E-state index contributed by atoms with van der Waals surface area (Å²) in [6.45, 7) is 10.5. The molecule has 0 aliphatic rings. The van der Waals surface area contributed by atoms with Gasteiger partial charge in [0, 0.05) is 12.8 Å². The van der Waals surface area contributed by atoms with Crippen molar-refractivity contribution in [3.05, 3.63) is 35.4 Å². The summed E-state index contributed by atoms with van der Waals surface area (Å²) in [6, 6.07) is 8.99. The van der Waals surface area contributed by atoms with E-state index in [-0.39, 0.29) is 6.42 Å². The van der Waals surface area contributed by atoms with Crippen molar-refractivity contribution in [3.8, 4) is 0 Å². The summed E-state index contributed by atoms with van der Waals surface area (Å²) in [5.74, 6) is -2.61. The molecule has 0 fully saturated rings. The molecule has 0 bridgehead atoms. The number of hydrogen-bond donors (Lipinski definition) is 0. The Morgan fingerprint density at radius 3 is 1.32 bits per heavy atom. The first kappa shape index (κ1) is 34.4. The van der Waals surface area contributed by atoms with Gasteiger partial charge in [0.25, 0.3) is 0 Å². The first-order chi connectivity index (χ1) is 18.5. The fourth-order valence-corrected chi connectivity index (χ4v) is 4.15. The number of carbonyl (C=O) groups is 2. The molecule has 0 spiro atoms. The van der Waals surface area contributed by atoms with Crippen molar-refractivity contribution in [1.29, 1.82) is 0 Å². The van der Waals surface area contributed by atoms with Gasteiger partial charge in [-0.05, 0) is 42.9 Å². The lowest BCUT2D eigenvalue weighted by molar-refractivity contribution is -0.219. The highest BCUT2D eigenvalue weighted by Gasteiger charge is 2.34. The van der Waals surface area contributed by atoms with Gasteiger partial charge in [0.15, 0.2) is 12.6 Å². The normalized spacial score (nSPS) is 12.1. The van der Waals surface area contributed by atoms with Gasteiger partial charge in [-0.15, -0.1) is 0 Å². The third-order valence-corrected chi connectivity index (χ3v) is 6.57. The van der Waals surface area contributed by atoms with Crippen molar-refractivity contribution in [2.75, 3.05) is 26.4 Å². The van der Waals surface area contributed by atoms with Crippen LogP contribution >= 0.6 is 0 Å². The van der Waals surface area contributed by atoms with Crippen LogP contribution in [-0.4, -0.2) is 50.6 Å². The zero-order valence-corrected chi connectivity index (χ0v) is 24.6. The van der Waals surface area contributed by atoms with Crippen LogP contribution in [0.15, 0.2) is 18.2 Å². The van der Waals surface area contributed by atoms with Crippen molar-refractivity contribution in [3.63, 3.8) is 0 Å². The van der Waals surface area contributed by atoms with Crippen LogP contribution in [0.2, 0.25) is 0 Å². The van der Waals surface area contributed by atoms with Crippen molar-refractivity contribution in [2.45, 2.75) is 129 Å². The second-order valence-corrected chi connectivity index (χ2v) is 10.2. The predicted molar refractivity (Wildman–Crippen MR) is 152 cm³/mol. The summed E-state index contributed by atoms with van der Waals surface area (Å²) >= 11 is 0. The second kappa shape index (κ2) is 21.2. The molecule has 0 atom stereocenters. The third-order valence-electron chi connectivity index (χ3n) is 6.57. The molecule has 0 aliphatic carbocycles. The van der Waals surface area contributed by atoms with Gasteiger partial charge < -0.3 is 18.9 Å². The van der Waals surface area contributed by atoms with Gasteiger partial charge in [0.1, 0.15) is 0 Å². The standard InChI is InChI=1S/C32H53O6/c1-5-9-13-21-35-31(27-33,36-22-14-10-6-2)25-29-17-19-30(20-18-29)26-32(28-34,37-23-15-11-7-3)38-24-16-12-8-4/h17-19,27-28H,5-16,21-26H2,1-4H3. The molecule has 6 nitrogen and oxygen atoms in total. The number of carbonyl (C=O) groups excluding carboxylic acids is 2. The summed E-state index contributed by atoms with van der Waals surface area (Å²) in [7, 11) is 0. The number of aldehydes is 2. The minimum Gasteiger partial charge on any atom is -0.344 e. The van der Waals surface area contributed by atoms with Gasteiger partial charge in [-0.25, -0.2) is 0 Å². The molecule has 217 valence electrons. The number of ether oxygens (including phenoxy) is 4. The molecule has 1 radical (unpaired) electrons. The predicted octanol–water partition coefficient (Wildman–Crippen LogP) is 7.19. The Bertz CT molecular complexity index is 632. The van der Waals surface area contributed by atoms with E-state index in [2.05, 4.69) is 33.8 Å². The van der Waals surface area contributed by atoms with E-state index in [1.54, 1.807) is 0 Å². The molecular weight excluding hydrogens is 480 g/mol. The maximum atomic E-state index is 12.2. The van der Waals surface area contributed by atoms with Crippen LogP contribution in [0.5, 0.6) is 0 Å². The summed E-state index contributed by atoms with van der Waals surface area (Å²) in [5.41, 5.74) is 1.70. The third kappa shape index (κ3) is 14.0. The minimum atomic E-state index is -1.31. The summed E-state index contributed by atoms with van der Waals surface area (Å²) in [5, 5.41) is 0. The average Bonchev–Trinajstić information content (AvgIpc) is 2.94. The molecule has 0 N–H and O–H groups in total. The number of rotatable bonds is 26. The highest BCUT2D eigenvalue weighted by molar-refractivity contribution is 5.62. The van der Waals surface area contributed by atoms with Gasteiger partial charge in [0.05, 0.1) is 26.4 Å². The number of hydrogen-bond acceptors (Lipinski definition) is 6. The molecule has 0 aliphatic heterocycles. The van der Waals surface area contributed by atoms with Crippen LogP contribution in [0.4, 0.5) is 0 Å². The fraction of sp³-hybridized carbons (Fsp3) is 0.750. The van der Waals surface area contributed by atoms with E-state index in [1.165, 1.54) is 0 Å². The lowest BCUT2D eigenvalue weighted by Gasteiger charge is -2.30. The molecule has 38 heavy (non-hydrogen) atoms. The molecule has 0 saturated carbocycles. The SMILES string of the molecule is CCCCCOC(C=O)(Cc1[c]cc(CC(C=O)(OCCCCC)OCCCCC)cc1)OCCCCC. The Morgan fingerprint density at radius 2 is 1.00 bits per heavy atom. The Balaban J connectivity index is 2.95.